The van der Waals surface area contributed by atoms with E-state index in [1.54, 1.807) is 6.92 Å². The normalized spacial score (nSPS) is 12.0. The van der Waals surface area contributed by atoms with E-state index in [-0.39, 0.29) is 23.9 Å². The van der Waals surface area contributed by atoms with Gasteiger partial charge in [-0.15, -0.1) is 0 Å². The second-order valence-corrected chi connectivity index (χ2v) is 7.68. The van der Waals surface area contributed by atoms with Crippen molar-refractivity contribution in [2.75, 3.05) is 6.61 Å². The average Bonchev–Trinajstić information content (AvgIpc) is 2.98. The van der Waals surface area contributed by atoms with Crippen LogP contribution in [-0.4, -0.2) is 23.1 Å². The predicted octanol–water partition coefficient (Wildman–Crippen LogP) is 4.41. The molecule has 0 aliphatic carbocycles. The smallest absolute Gasteiger partial charge is 0.326 e. The number of hydrogen-bond donors (Lipinski definition) is 0. The summed E-state index contributed by atoms with van der Waals surface area (Å²) in [5.41, 5.74) is 1.04. The van der Waals surface area contributed by atoms with Crippen LogP contribution in [0.3, 0.4) is 0 Å². The van der Waals surface area contributed by atoms with E-state index in [0.717, 1.165) is 22.4 Å². The molecule has 1 heterocycles. The molecule has 3 rings (SSSR count). The number of benzene rings is 2. The molecule has 152 valence electrons. The van der Waals surface area contributed by atoms with Gasteiger partial charge >= 0.3 is 5.97 Å². The molecular weight excluding hydrogens is 398 g/mol. The number of ether oxygens (including phenoxy) is 1. The second-order valence-electron chi connectivity index (χ2n) is 6.67. The summed E-state index contributed by atoms with van der Waals surface area (Å²) >= 11 is 1.17. The summed E-state index contributed by atoms with van der Waals surface area (Å²) < 4.78 is 35.3. The molecule has 0 bridgehead atoms. The van der Waals surface area contributed by atoms with Crippen molar-refractivity contribution < 1.29 is 23.1 Å². The molecule has 2 aromatic carbocycles. The molecule has 0 aliphatic rings. The van der Waals surface area contributed by atoms with Gasteiger partial charge in [-0.3, -0.25) is 9.59 Å². The van der Waals surface area contributed by atoms with Crippen LogP contribution in [0.4, 0.5) is 8.78 Å². The third-order valence-corrected chi connectivity index (χ3v) is 5.38. The Morgan fingerprint density at radius 2 is 1.86 bits per heavy atom. The predicted molar refractivity (Wildman–Crippen MR) is 107 cm³/mol. The quantitative estimate of drug-likeness (QED) is 0.577. The molecule has 5 nitrogen and oxygen atoms in total. The van der Waals surface area contributed by atoms with E-state index in [9.17, 15) is 18.4 Å². The van der Waals surface area contributed by atoms with E-state index >= 15 is 0 Å². The summed E-state index contributed by atoms with van der Waals surface area (Å²) in [6.07, 6.45) is 0. The first kappa shape index (κ1) is 20.9. The highest BCUT2D eigenvalue weighted by molar-refractivity contribution is 7.16. The molecule has 0 N–H and O–H groups in total. The zero-order chi connectivity index (χ0) is 21.1. The zero-order valence-electron chi connectivity index (χ0n) is 16.2. The highest BCUT2D eigenvalue weighted by Gasteiger charge is 2.18. The van der Waals surface area contributed by atoms with E-state index in [4.69, 9.17) is 4.74 Å². The van der Waals surface area contributed by atoms with Gasteiger partial charge in [-0.2, -0.15) is 4.99 Å². The summed E-state index contributed by atoms with van der Waals surface area (Å²) in [4.78, 5) is 28.7. The van der Waals surface area contributed by atoms with Crippen molar-refractivity contribution in [2.45, 2.75) is 33.2 Å². The van der Waals surface area contributed by atoms with E-state index in [2.05, 4.69) is 18.8 Å². The highest BCUT2D eigenvalue weighted by Crippen LogP contribution is 2.24. The number of carbonyl (C=O) groups is 2. The Labute approximate surface area is 170 Å². The molecule has 0 unspecified atom stereocenters. The van der Waals surface area contributed by atoms with Crippen LogP contribution in [-0.2, 0) is 16.1 Å². The van der Waals surface area contributed by atoms with E-state index < -0.39 is 29.1 Å². The van der Waals surface area contributed by atoms with Crippen LogP contribution >= 0.6 is 11.3 Å². The minimum Gasteiger partial charge on any atom is -0.465 e. The first-order valence-corrected chi connectivity index (χ1v) is 9.95. The third-order valence-electron chi connectivity index (χ3n) is 4.34. The van der Waals surface area contributed by atoms with Crippen LogP contribution in [0.25, 0.3) is 10.2 Å². The monoisotopic (exact) mass is 418 g/mol. The number of fused-ring (bicyclic) bond motifs is 1. The maximum atomic E-state index is 14.0. The molecule has 1 aromatic heterocycles. The van der Waals surface area contributed by atoms with Crippen LogP contribution in [0.2, 0.25) is 0 Å². The number of rotatable bonds is 5. The second kappa shape index (κ2) is 8.65. The number of esters is 1. The van der Waals surface area contributed by atoms with Crippen LogP contribution in [0.1, 0.15) is 42.6 Å². The topological polar surface area (TPSA) is 60.7 Å². The summed E-state index contributed by atoms with van der Waals surface area (Å²) in [5.74, 6) is -3.23. The molecule has 0 fully saturated rings. The van der Waals surface area contributed by atoms with E-state index in [1.807, 2.05) is 18.2 Å². The van der Waals surface area contributed by atoms with Gasteiger partial charge in [-0.05, 0) is 42.7 Å². The number of hydrogen-bond acceptors (Lipinski definition) is 4. The fraction of sp³-hybridized carbons (Fsp3) is 0.286. The molecule has 0 aliphatic heterocycles. The molecule has 0 spiro atoms. The molecule has 0 saturated heterocycles. The lowest BCUT2D eigenvalue weighted by molar-refractivity contribution is -0.143. The summed E-state index contributed by atoms with van der Waals surface area (Å²) in [6.45, 7) is 5.85. The lowest BCUT2D eigenvalue weighted by Gasteiger charge is -2.07. The molecule has 8 heteroatoms. The maximum absolute atomic E-state index is 14.0. The third kappa shape index (κ3) is 4.42. The van der Waals surface area contributed by atoms with E-state index in [1.165, 1.54) is 22.0 Å². The average molecular weight is 418 g/mol. The standard InChI is InChI=1S/C21H20F2N2O3S/c1-4-28-18(26)11-25-16-9-8-13(12(2)3)10-17(16)29-21(25)24-20(27)19-14(22)6-5-7-15(19)23/h5-10,12H,4,11H2,1-3H3. The summed E-state index contributed by atoms with van der Waals surface area (Å²) in [7, 11) is 0. The maximum Gasteiger partial charge on any atom is 0.326 e. The van der Waals surface area contributed by atoms with Crippen molar-refractivity contribution >= 4 is 33.4 Å². The molecule has 1 amide bonds. The summed E-state index contributed by atoms with van der Waals surface area (Å²) in [6, 6.07) is 8.91. The van der Waals surface area contributed by atoms with Gasteiger partial charge in [-0.25, -0.2) is 8.78 Å². The van der Waals surface area contributed by atoms with E-state index in [0.29, 0.717) is 5.52 Å². The Bertz CT molecular complexity index is 1130. The Kier molecular flexibility index (Phi) is 6.22. The zero-order valence-corrected chi connectivity index (χ0v) is 17.1. The number of halogens is 2. The van der Waals surface area contributed by atoms with Gasteiger partial charge in [-0.1, -0.05) is 37.3 Å². The van der Waals surface area contributed by atoms with Gasteiger partial charge in [0, 0.05) is 0 Å². The molecular formula is C21H20F2N2O3S. The fourth-order valence-electron chi connectivity index (χ4n) is 2.87. The van der Waals surface area contributed by atoms with Gasteiger partial charge in [0.05, 0.1) is 16.8 Å². The molecule has 0 atom stereocenters. The minimum atomic E-state index is -1.05. The van der Waals surface area contributed by atoms with Crippen LogP contribution < -0.4 is 4.80 Å². The molecule has 29 heavy (non-hydrogen) atoms. The number of carbonyl (C=O) groups excluding carboxylic acids is 2. The number of thiazole rings is 1. The van der Waals surface area contributed by atoms with Crippen molar-refractivity contribution in [2.24, 2.45) is 4.99 Å². The lowest BCUT2D eigenvalue weighted by Crippen LogP contribution is -2.23. The van der Waals surface area contributed by atoms with Crippen molar-refractivity contribution in [1.82, 2.24) is 4.57 Å². The van der Waals surface area contributed by atoms with Gasteiger partial charge in [0.15, 0.2) is 4.80 Å². The Morgan fingerprint density at radius 1 is 1.17 bits per heavy atom. The van der Waals surface area contributed by atoms with Gasteiger partial charge in [0.2, 0.25) is 0 Å². The largest absolute Gasteiger partial charge is 0.465 e. The van der Waals surface area contributed by atoms with Crippen molar-refractivity contribution in [3.05, 3.63) is 64.0 Å². The summed E-state index contributed by atoms with van der Waals surface area (Å²) in [5, 5.41) is 0. The van der Waals surface area contributed by atoms with Crippen molar-refractivity contribution in [3.8, 4) is 0 Å². The van der Waals surface area contributed by atoms with Gasteiger partial charge in [0.1, 0.15) is 23.7 Å². The SMILES string of the molecule is CCOC(=O)Cn1c(=NC(=O)c2c(F)cccc2F)sc2cc(C(C)C)ccc21. The first-order chi connectivity index (χ1) is 13.8. The minimum absolute atomic E-state index is 0.166. The van der Waals surface area contributed by atoms with Crippen LogP contribution in [0.15, 0.2) is 41.4 Å². The Hall–Kier alpha value is -2.87. The number of amides is 1. The molecule has 0 saturated carbocycles. The van der Waals surface area contributed by atoms with Crippen molar-refractivity contribution in [3.63, 3.8) is 0 Å². The highest BCUT2D eigenvalue weighted by atomic mass is 32.1. The number of nitrogens with zero attached hydrogens (tertiary/aromatic N) is 2. The molecule has 0 radical (unpaired) electrons. The Balaban J connectivity index is 2.17. The van der Waals surface area contributed by atoms with Crippen molar-refractivity contribution in [1.29, 1.82) is 0 Å². The van der Waals surface area contributed by atoms with Crippen LogP contribution in [0, 0.1) is 11.6 Å². The number of aromatic nitrogens is 1. The first-order valence-electron chi connectivity index (χ1n) is 9.13. The molecule has 3 aromatic rings. The fourth-order valence-corrected chi connectivity index (χ4v) is 3.94. The van der Waals surface area contributed by atoms with Gasteiger partial charge < -0.3 is 9.30 Å². The lowest BCUT2D eigenvalue weighted by atomic mass is 10.0. The van der Waals surface area contributed by atoms with Crippen LogP contribution in [0.5, 0.6) is 0 Å². The Morgan fingerprint density at radius 3 is 2.48 bits per heavy atom. The van der Waals surface area contributed by atoms with Gasteiger partial charge in [0.25, 0.3) is 5.91 Å².